The van der Waals surface area contributed by atoms with Crippen molar-refractivity contribution in [1.29, 1.82) is 0 Å². The molecule has 0 aliphatic heterocycles. The van der Waals surface area contributed by atoms with E-state index in [-0.39, 0.29) is 17.3 Å². The lowest BCUT2D eigenvalue weighted by Crippen LogP contribution is -2.25. The van der Waals surface area contributed by atoms with Gasteiger partial charge in [0.2, 0.25) is 10.0 Å². The Bertz CT molecular complexity index is 816. The van der Waals surface area contributed by atoms with Gasteiger partial charge in [-0.25, -0.2) is 13.1 Å². The first-order chi connectivity index (χ1) is 12.5. The summed E-state index contributed by atoms with van der Waals surface area (Å²) in [6, 6.07) is 13.0. The number of ether oxygens (including phenoxy) is 1. The van der Waals surface area contributed by atoms with Crippen molar-refractivity contribution >= 4 is 15.9 Å². The highest BCUT2D eigenvalue weighted by atomic mass is 32.2. The smallest absolute Gasteiger partial charge is 0.251 e. The SMILES string of the molecule is CCCCNC(=O)c1ccc(S(=O)(=O)NCc2ccc(OC)cc2)cc1. The highest BCUT2D eigenvalue weighted by Crippen LogP contribution is 2.14. The molecule has 2 rings (SSSR count). The van der Waals surface area contributed by atoms with Crippen molar-refractivity contribution in [3.63, 3.8) is 0 Å². The Labute approximate surface area is 154 Å². The van der Waals surface area contributed by atoms with Crippen molar-refractivity contribution in [3.05, 3.63) is 59.7 Å². The van der Waals surface area contributed by atoms with Gasteiger partial charge >= 0.3 is 0 Å². The van der Waals surface area contributed by atoms with Crippen LogP contribution in [-0.2, 0) is 16.6 Å². The van der Waals surface area contributed by atoms with Gasteiger partial charge in [-0.2, -0.15) is 0 Å². The molecule has 0 fully saturated rings. The molecule has 2 aromatic carbocycles. The summed E-state index contributed by atoms with van der Waals surface area (Å²) in [5, 5.41) is 2.80. The van der Waals surface area contributed by atoms with E-state index in [0.29, 0.717) is 17.9 Å². The first-order valence-corrected chi connectivity index (χ1v) is 9.95. The largest absolute Gasteiger partial charge is 0.497 e. The van der Waals surface area contributed by atoms with E-state index in [2.05, 4.69) is 10.0 Å². The van der Waals surface area contributed by atoms with E-state index in [0.717, 1.165) is 18.4 Å². The summed E-state index contributed by atoms with van der Waals surface area (Å²) in [4.78, 5) is 12.1. The van der Waals surface area contributed by atoms with Crippen LogP contribution in [-0.4, -0.2) is 28.0 Å². The fourth-order valence-corrected chi connectivity index (χ4v) is 3.29. The lowest BCUT2D eigenvalue weighted by molar-refractivity contribution is 0.0953. The highest BCUT2D eigenvalue weighted by molar-refractivity contribution is 7.89. The van der Waals surface area contributed by atoms with Crippen molar-refractivity contribution in [3.8, 4) is 5.75 Å². The highest BCUT2D eigenvalue weighted by Gasteiger charge is 2.14. The van der Waals surface area contributed by atoms with Gasteiger partial charge in [0, 0.05) is 18.7 Å². The minimum Gasteiger partial charge on any atom is -0.497 e. The minimum absolute atomic E-state index is 0.121. The Morgan fingerprint density at radius 2 is 1.69 bits per heavy atom. The lowest BCUT2D eigenvalue weighted by atomic mass is 10.2. The molecule has 0 aliphatic rings. The van der Waals surface area contributed by atoms with Crippen LogP contribution in [0.3, 0.4) is 0 Å². The van der Waals surface area contributed by atoms with Gasteiger partial charge < -0.3 is 10.1 Å². The summed E-state index contributed by atoms with van der Waals surface area (Å²) < 4.78 is 32.4. The van der Waals surface area contributed by atoms with Crippen molar-refractivity contribution in [2.45, 2.75) is 31.2 Å². The molecule has 0 aromatic heterocycles. The maximum Gasteiger partial charge on any atom is 0.251 e. The molecule has 0 saturated carbocycles. The minimum atomic E-state index is -3.65. The summed E-state index contributed by atoms with van der Waals surface area (Å²) >= 11 is 0. The predicted octanol–water partition coefficient (Wildman–Crippen LogP) is 2.70. The third kappa shape index (κ3) is 5.57. The second-order valence-electron chi connectivity index (χ2n) is 5.81. The van der Waals surface area contributed by atoms with E-state index in [4.69, 9.17) is 4.74 Å². The Morgan fingerprint density at radius 3 is 2.27 bits per heavy atom. The van der Waals surface area contributed by atoms with E-state index >= 15 is 0 Å². The predicted molar refractivity (Wildman–Crippen MR) is 101 cm³/mol. The van der Waals surface area contributed by atoms with Crippen molar-refractivity contribution in [1.82, 2.24) is 10.0 Å². The molecule has 0 saturated heterocycles. The maximum absolute atomic E-state index is 12.4. The molecule has 0 radical (unpaired) electrons. The number of sulfonamides is 1. The second kappa shape index (κ2) is 9.35. The number of carbonyl (C=O) groups excluding carboxylic acids is 1. The van der Waals surface area contributed by atoms with Gasteiger partial charge in [-0.3, -0.25) is 4.79 Å². The van der Waals surface area contributed by atoms with Gasteiger partial charge in [-0.15, -0.1) is 0 Å². The van der Waals surface area contributed by atoms with Crippen LogP contribution in [0, 0.1) is 0 Å². The average Bonchev–Trinajstić information content (AvgIpc) is 2.67. The molecule has 2 aromatic rings. The summed E-state index contributed by atoms with van der Waals surface area (Å²) in [6.07, 6.45) is 1.91. The molecule has 1 amide bonds. The van der Waals surface area contributed by atoms with Crippen LogP contribution in [0.15, 0.2) is 53.4 Å². The van der Waals surface area contributed by atoms with Crippen molar-refractivity contribution in [2.75, 3.05) is 13.7 Å². The monoisotopic (exact) mass is 376 g/mol. The molecule has 0 heterocycles. The first-order valence-electron chi connectivity index (χ1n) is 8.47. The van der Waals surface area contributed by atoms with E-state index in [9.17, 15) is 13.2 Å². The van der Waals surface area contributed by atoms with Crippen LogP contribution in [0.5, 0.6) is 5.75 Å². The summed E-state index contributed by atoms with van der Waals surface area (Å²) in [5.74, 6) is 0.512. The number of rotatable bonds is 9. The van der Waals surface area contributed by atoms with Gasteiger partial charge in [-0.05, 0) is 48.4 Å². The topological polar surface area (TPSA) is 84.5 Å². The van der Waals surface area contributed by atoms with Crippen LogP contribution < -0.4 is 14.8 Å². The number of nitrogens with one attached hydrogen (secondary N) is 2. The molecule has 140 valence electrons. The fraction of sp³-hybridized carbons (Fsp3) is 0.316. The molecular weight excluding hydrogens is 352 g/mol. The number of unbranched alkanes of at least 4 members (excludes halogenated alkanes) is 1. The van der Waals surface area contributed by atoms with Crippen molar-refractivity contribution < 1.29 is 17.9 Å². The lowest BCUT2D eigenvalue weighted by Gasteiger charge is -2.09. The average molecular weight is 376 g/mol. The summed E-state index contributed by atoms with van der Waals surface area (Å²) in [7, 11) is -2.08. The molecule has 0 unspecified atom stereocenters. The molecule has 2 N–H and O–H groups in total. The standard InChI is InChI=1S/C19H24N2O4S/c1-3-4-13-20-19(22)16-7-11-18(12-8-16)26(23,24)21-14-15-5-9-17(25-2)10-6-15/h5-12,21H,3-4,13-14H2,1-2H3,(H,20,22). The van der Waals surface area contributed by atoms with E-state index in [1.54, 1.807) is 31.4 Å². The van der Waals surface area contributed by atoms with Gasteiger partial charge in [-0.1, -0.05) is 25.5 Å². The molecule has 0 spiro atoms. The Balaban J connectivity index is 1.98. The molecular formula is C19H24N2O4S. The summed E-state index contributed by atoms with van der Waals surface area (Å²) in [6.45, 7) is 2.83. The molecule has 7 heteroatoms. The third-order valence-electron chi connectivity index (χ3n) is 3.87. The Hall–Kier alpha value is -2.38. The number of carbonyl (C=O) groups is 1. The summed E-state index contributed by atoms with van der Waals surface area (Å²) in [5.41, 5.74) is 1.26. The zero-order valence-electron chi connectivity index (χ0n) is 15.0. The van der Waals surface area contributed by atoms with Gasteiger partial charge in [0.1, 0.15) is 5.75 Å². The third-order valence-corrected chi connectivity index (χ3v) is 5.29. The molecule has 0 atom stereocenters. The number of hydrogen-bond donors (Lipinski definition) is 2. The molecule has 0 bridgehead atoms. The van der Waals surface area contributed by atoms with Crippen LogP contribution in [0.25, 0.3) is 0 Å². The Kier molecular flexibility index (Phi) is 7.17. The van der Waals surface area contributed by atoms with Crippen LogP contribution in [0.2, 0.25) is 0 Å². The van der Waals surface area contributed by atoms with Gasteiger partial charge in [0.25, 0.3) is 5.91 Å². The van der Waals surface area contributed by atoms with E-state index in [1.807, 2.05) is 6.92 Å². The number of hydrogen-bond acceptors (Lipinski definition) is 4. The number of methoxy groups -OCH3 is 1. The van der Waals surface area contributed by atoms with Crippen LogP contribution in [0.4, 0.5) is 0 Å². The second-order valence-corrected chi connectivity index (χ2v) is 7.57. The zero-order chi connectivity index (χ0) is 19.0. The van der Waals surface area contributed by atoms with Gasteiger partial charge in [0.15, 0.2) is 0 Å². The Morgan fingerprint density at radius 1 is 1.04 bits per heavy atom. The zero-order valence-corrected chi connectivity index (χ0v) is 15.8. The number of benzene rings is 2. The van der Waals surface area contributed by atoms with Crippen molar-refractivity contribution in [2.24, 2.45) is 0 Å². The molecule has 6 nitrogen and oxygen atoms in total. The van der Waals surface area contributed by atoms with E-state index in [1.165, 1.54) is 24.3 Å². The first kappa shape index (κ1) is 19.9. The van der Waals surface area contributed by atoms with E-state index < -0.39 is 10.0 Å². The normalized spacial score (nSPS) is 11.2. The van der Waals surface area contributed by atoms with Crippen LogP contribution >= 0.6 is 0 Å². The quantitative estimate of drug-likeness (QED) is 0.659. The number of amides is 1. The molecule has 0 aliphatic carbocycles. The van der Waals surface area contributed by atoms with Gasteiger partial charge in [0.05, 0.1) is 12.0 Å². The fourth-order valence-electron chi connectivity index (χ4n) is 2.27. The van der Waals surface area contributed by atoms with Crippen LogP contribution in [0.1, 0.15) is 35.7 Å². The maximum atomic E-state index is 12.4. The molecule has 26 heavy (non-hydrogen) atoms.